The molecular weight excluding hydrogens is 663 g/mol. The van der Waals surface area contributed by atoms with E-state index in [0.29, 0.717) is 56.7 Å². The molecule has 0 radical (unpaired) electrons. The maximum absolute atomic E-state index is 14.5. The van der Waals surface area contributed by atoms with Gasteiger partial charge in [0.05, 0.1) is 29.7 Å². The summed E-state index contributed by atoms with van der Waals surface area (Å²) in [5.74, 6) is -2.18. The van der Waals surface area contributed by atoms with Crippen LogP contribution in [0.4, 0.5) is 33.6 Å². The zero-order chi connectivity index (χ0) is 36.1. The maximum atomic E-state index is 14.5. The molecule has 1 aromatic carbocycles. The molecule has 276 valence electrons. The fraction of sp³-hybridized carbons (Fsp3) is 0.615. The molecule has 3 fully saturated rings. The average molecular weight is 713 g/mol. The molecule has 0 amide bonds. The Bertz CT molecular complexity index is 1670. The number of benzene rings is 1. The minimum atomic E-state index is -4.45. The number of anilines is 2. The summed E-state index contributed by atoms with van der Waals surface area (Å²) in [5.41, 5.74) is 5.12. The summed E-state index contributed by atoms with van der Waals surface area (Å²) in [4.78, 5) is 21.6. The lowest BCUT2D eigenvalue weighted by atomic mass is 9.68. The van der Waals surface area contributed by atoms with E-state index in [1.165, 1.54) is 12.1 Å². The first kappa shape index (κ1) is 36.0. The Morgan fingerprint density at radius 1 is 0.824 bits per heavy atom. The van der Waals surface area contributed by atoms with Crippen LogP contribution >= 0.6 is 0 Å². The van der Waals surface area contributed by atoms with Crippen molar-refractivity contribution in [2.24, 2.45) is 5.41 Å². The molecule has 2 saturated heterocycles. The van der Waals surface area contributed by atoms with E-state index in [2.05, 4.69) is 35.6 Å². The van der Waals surface area contributed by atoms with E-state index < -0.39 is 23.8 Å². The van der Waals surface area contributed by atoms with Gasteiger partial charge in [0.25, 0.3) is 0 Å². The minimum absolute atomic E-state index is 0.0478. The van der Waals surface area contributed by atoms with Crippen LogP contribution < -0.4 is 9.80 Å². The minimum Gasteiger partial charge on any atom is -0.388 e. The highest BCUT2D eigenvalue weighted by Gasteiger charge is 2.42. The average Bonchev–Trinajstić information content (AvgIpc) is 3.08. The molecule has 7 nitrogen and oxygen atoms in total. The van der Waals surface area contributed by atoms with Gasteiger partial charge in [0, 0.05) is 75.0 Å². The number of hydrogen-bond donors (Lipinski definition) is 1. The lowest BCUT2D eigenvalue weighted by Crippen LogP contribution is -2.44. The number of halogens is 5. The standard InChI is InChI=1S/C39H49F5N6O/c1-37(2)21-31-34(32(51)22-37)33(26-8-12-38(40,41)13-9-26)30(20-25-4-6-28(7-5-25)39(42,43)44)35(47-31)27-10-14-50(15-11-27)36-45-23-29(24-46-36)49-18-16-48(3)17-19-49/h4-7,23-24,26-27,32,51H,8-22H2,1-3H3/t32-/m0/s1. The number of fused-ring (bicyclic) bond motifs is 1. The summed E-state index contributed by atoms with van der Waals surface area (Å²) in [6.07, 6.45) is 1.75. The number of aromatic nitrogens is 3. The van der Waals surface area contributed by atoms with Gasteiger partial charge in [-0.05, 0) is 92.1 Å². The Kier molecular flexibility index (Phi) is 9.79. The molecule has 12 heteroatoms. The Labute approximate surface area is 297 Å². The lowest BCUT2D eigenvalue weighted by Gasteiger charge is -2.41. The van der Waals surface area contributed by atoms with Gasteiger partial charge < -0.3 is 19.8 Å². The first-order chi connectivity index (χ1) is 24.2. The molecule has 2 aliphatic carbocycles. The molecule has 4 aliphatic rings. The first-order valence-corrected chi connectivity index (χ1v) is 18.4. The number of rotatable bonds is 6. The van der Waals surface area contributed by atoms with E-state index >= 15 is 0 Å². The third kappa shape index (κ3) is 7.87. The second-order valence-electron chi connectivity index (χ2n) is 16.1. The summed E-state index contributed by atoms with van der Waals surface area (Å²) in [5, 5.41) is 11.7. The highest BCUT2D eigenvalue weighted by atomic mass is 19.4. The van der Waals surface area contributed by atoms with E-state index in [4.69, 9.17) is 15.0 Å². The van der Waals surface area contributed by atoms with E-state index in [9.17, 15) is 27.1 Å². The maximum Gasteiger partial charge on any atom is 0.416 e. The Hall–Kier alpha value is -3.38. The topological polar surface area (TPSA) is 68.6 Å². The number of aliphatic hydroxyl groups is 1. The zero-order valence-electron chi connectivity index (χ0n) is 29.8. The summed E-state index contributed by atoms with van der Waals surface area (Å²) < 4.78 is 69.4. The van der Waals surface area contributed by atoms with E-state index in [0.717, 1.165) is 84.9 Å². The quantitative estimate of drug-likeness (QED) is 0.261. The van der Waals surface area contributed by atoms with Gasteiger partial charge in [-0.15, -0.1) is 0 Å². The van der Waals surface area contributed by atoms with Gasteiger partial charge in [-0.2, -0.15) is 13.2 Å². The van der Waals surface area contributed by atoms with Gasteiger partial charge in [-0.1, -0.05) is 26.0 Å². The molecule has 1 N–H and O–H groups in total. The Balaban J connectivity index is 1.22. The fourth-order valence-electron chi connectivity index (χ4n) is 8.78. The Morgan fingerprint density at radius 2 is 1.45 bits per heavy atom. The summed E-state index contributed by atoms with van der Waals surface area (Å²) in [7, 11) is 2.13. The van der Waals surface area contributed by atoms with Crippen LogP contribution in [0.15, 0.2) is 36.7 Å². The van der Waals surface area contributed by atoms with Gasteiger partial charge in [0.1, 0.15) is 0 Å². The SMILES string of the molecule is CN1CCN(c2cnc(N3CCC(c4nc5c(c(C6CCC(F)(F)CC6)c4Cc4ccc(C(F)(F)F)cc4)[C@@H](O)CC(C)(C)C5)CC3)nc2)CC1. The largest absolute Gasteiger partial charge is 0.416 e. The number of aliphatic hydroxyl groups excluding tert-OH is 1. The van der Waals surface area contributed by atoms with Gasteiger partial charge >= 0.3 is 6.18 Å². The summed E-state index contributed by atoms with van der Waals surface area (Å²) in [6, 6.07) is 5.23. The molecule has 1 atom stereocenters. The van der Waals surface area contributed by atoms with E-state index in [-0.39, 0.29) is 30.1 Å². The zero-order valence-corrected chi connectivity index (χ0v) is 29.8. The number of alkyl halides is 5. The van der Waals surface area contributed by atoms with E-state index in [1.54, 1.807) is 0 Å². The molecule has 2 aromatic heterocycles. The molecule has 51 heavy (non-hydrogen) atoms. The van der Waals surface area contributed by atoms with Crippen molar-refractivity contribution < 1.29 is 27.1 Å². The number of pyridine rings is 1. The van der Waals surface area contributed by atoms with Crippen LogP contribution in [0.3, 0.4) is 0 Å². The summed E-state index contributed by atoms with van der Waals surface area (Å²) in [6.45, 7) is 9.51. The molecule has 2 aliphatic heterocycles. The second-order valence-corrected chi connectivity index (χ2v) is 16.1. The molecular formula is C39H49F5N6O. The number of piperidine rings is 1. The van der Waals surface area contributed by atoms with Crippen molar-refractivity contribution in [2.45, 2.75) is 102 Å². The van der Waals surface area contributed by atoms with Crippen molar-refractivity contribution >= 4 is 11.6 Å². The Morgan fingerprint density at radius 3 is 2.06 bits per heavy atom. The molecule has 1 saturated carbocycles. The normalized spacial score (nSPS) is 23.4. The predicted molar refractivity (Wildman–Crippen MR) is 188 cm³/mol. The third-order valence-corrected chi connectivity index (χ3v) is 11.7. The van der Waals surface area contributed by atoms with Crippen LogP contribution in [0.25, 0.3) is 0 Å². The number of hydrogen-bond acceptors (Lipinski definition) is 7. The molecule has 0 spiro atoms. The molecule has 0 unspecified atom stereocenters. The lowest BCUT2D eigenvalue weighted by molar-refractivity contribution is -0.137. The smallest absolute Gasteiger partial charge is 0.388 e. The number of piperazine rings is 1. The van der Waals surface area contributed by atoms with Crippen molar-refractivity contribution in [3.05, 3.63) is 75.9 Å². The predicted octanol–water partition coefficient (Wildman–Crippen LogP) is 7.92. The molecule has 0 bridgehead atoms. The van der Waals surface area contributed by atoms with Crippen LogP contribution in [0.2, 0.25) is 0 Å². The van der Waals surface area contributed by atoms with Gasteiger partial charge in [0.15, 0.2) is 0 Å². The number of likely N-dealkylation sites (N-methyl/N-ethyl adjacent to an activating group) is 1. The second kappa shape index (κ2) is 13.9. The van der Waals surface area contributed by atoms with Crippen LogP contribution in [0.1, 0.15) is 116 Å². The van der Waals surface area contributed by atoms with Gasteiger partial charge in [0.2, 0.25) is 11.9 Å². The highest BCUT2D eigenvalue weighted by molar-refractivity contribution is 5.50. The van der Waals surface area contributed by atoms with Crippen LogP contribution in [0, 0.1) is 5.41 Å². The monoisotopic (exact) mass is 712 g/mol. The van der Waals surface area contributed by atoms with Crippen molar-refractivity contribution in [2.75, 3.05) is 56.1 Å². The van der Waals surface area contributed by atoms with Crippen LogP contribution in [-0.4, -0.2) is 77.2 Å². The number of nitrogens with zero attached hydrogens (tertiary/aromatic N) is 6. The van der Waals surface area contributed by atoms with Crippen LogP contribution in [0.5, 0.6) is 0 Å². The fourth-order valence-corrected chi connectivity index (χ4v) is 8.78. The van der Waals surface area contributed by atoms with Gasteiger partial charge in [-0.3, -0.25) is 4.98 Å². The highest BCUT2D eigenvalue weighted by Crippen LogP contribution is 2.50. The van der Waals surface area contributed by atoms with Crippen molar-refractivity contribution in [3.8, 4) is 0 Å². The van der Waals surface area contributed by atoms with Crippen molar-refractivity contribution in [1.82, 2.24) is 19.9 Å². The molecule has 4 heterocycles. The summed E-state index contributed by atoms with van der Waals surface area (Å²) >= 11 is 0. The molecule has 7 rings (SSSR count). The van der Waals surface area contributed by atoms with E-state index in [1.807, 2.05) is 12.4 Å². The third-order valence-electron chi connectivity index (χ3n) is 11.7. The first-order valence-electron chi connectivity index (χ1n) is 18.4. The van der Waals surface area contributed by atoms with Crippen molar-refractivity contribution in [1.29, 1.82) is 0 Å². The van der Waals surface area contributed by atoms with Crippen LogP contribution in [-0.2, 0) is 19.0 Å². The van der Waals surface area contributed by atoms with Gasteiger partial charge in [-0.25, -0.2) is 18.7 Å². The van der Waals surface area contributed by atoms with Crippen molar-refractivity contribution in [3.63, 3.8) is 0 Å². The molecule has 3 aromatic rings.